The molecule has 3 aromatic heterocycles. The van der Waals surface area contributed by atoms with E-state index in [1.807, 2.05) is 0 Å². The lowest BCUT2D eigenvalue weighted by Gasteiger charge is -2.07. The number of hydrogen-bond donors (Lipinski definition) is 2. The van der Waals surface area contributed by atoms with Crippen LogP contribution in [0.1, 0.15) is 5.69 Å². The first kappa shape index (κ1) is 22.1. The number of amides is 1. The monoisotopic (exact) mass is 455 g/mol. The van der Waals surface area contributed by atoms with Gasteiger partial charge in [-0.3, -0.25) is 9.48 Å². The van der Waals surface area contributed by atoms with Crippen molar-refractivity contribution in [1.82, 2.24) is 24.3 Å². The van der Waals surface area contributed by atoms with Crippen molar-refractivity contribution in [3.8, 4) is 11.3 Å². The van der Waals surface area contributed by atoms with E-state index in [0.29, 0.717) is 22.6 Å². The number of alkyl halides is 2. The zero-order chi connectivity index (χ0) is 23.7. The first-order valence-electron chi connectivity index (χ1n) is 9.89. The summed E-state index contributed by atoms with van der Waals surface area (Å²) in [5, 5.41) is 10.4. The van der Waals surface area contributed by atoms with Crippen LogP contribution in [0.2, 0.25) is 0 Å². The highest BCUT2D eigenvalue weighted by Crippen LogP contribution is 2.33. The number of carbonyl (C=O) groups is 1. The van der Waals surface area contributed by atoms with Crippen molar-refractivity contribution in [2.45, 2.75) is 19.9 Å². The molecule has 33 heavy (non-hydrogen) atoms. The number of nitrogens with zero attached hydrogens (tertiary/aromatic N) is 5. The first-order valence-corrected chi connectivity index (χ1v) is 9.89. The lowest BCUT2D eigenvalue weighted by molar-refractivity contribution is -0.111. The van der Waals surface area contributed by atoms with Crippen LogP contribution in [-0.4, -0.2) is 36.6 Å². The van der Waals surface area contributed by atoms with Crippen molar-refractivity contribution in [2.75, 3.05) is 10.6 Å². The summed E-state index contributed by atoms with van der Waals surface area (Å²) in [6, 6.07) is 5.22. The molecule has 0 bridgehead atoms. The number of aryl methyl sites for hydroxylation is 2. The Kier molecular flexibility index (Phi) is 5.86. The number of halogens is 3. The third-order valence-electron chi connectivity index (χ3n) is 4.96. The number of fused-ring (bicyclic) bond motifs is 1. The van der Waals surface area contributed by atoms with Gasteiger partial charge >= 0.3 is 0 Å². The second-order valence-corrected chi connectivity index (χ2v) is 7.34. The Morgan fingerprint density at radius 3 is 2.82 bits per heavy atom. The molecule has 4 aromatic rings. The van der Waals surface area contributed by atoms with Crippen LogP contribution in [0.25, 0.3) is 22.2 Å². The fraction of sp³-hybridized carbons (Fsp3) is 0.182. The van der Waals surface area contributed by atoms with Crippen LogP contribution in [0, 0.1) is 12.7 Å². The summed E-state index contributed by atoms with van der Waals surface area (Å²) in [4.78, 5) is 19.9. The van der Waals surface area contributed by atoms with Gasteiger partial charge in [-0.2, -0.15) is 5.10 Å². The van der Waals surface area contributed by atoms with E-state index in [2.05, 4.69) is 32.3 Å². The molecule has 0 unspecified atom stereocenters. The van der Waals surface area contributed by atoms with E-state index in [4.69, 9.17) is 0 Å². The quantitative estimate of drug-likeness (QED) is 0.403. The SMILES string of the molecule is C=CC(=O)Nc1ccc2c(-c3nc(Nc4cn(CC(F)F)nc4C)ncc3F)cn(C)c2c1. The normalized spacial score (nSPS) is 11.2. The van der Waals surface area contributed by atoms with E-state index in [9.17, 15) is 18.0 Å². The summed E-state index contributed by atoms with van der Waals surface area (Å²) in [5.41, 5.74) is 2.84. The van der Waals surface area contributed by atoms with Crippen molar-refractivity contribution >= 4 is 34.1 Å². The van der Waals surface area contributed by atoms with Crippen LogP contribution in [0.3, 0.4) is 0 Å². The first-order chi connectivity index (χ1) is 15.7. The van der Waals surface area contributed by atoms with Gasteiger partial charge in [-0.25, -0.2) is 23.1 Å². The zero-order valence-corrected chi connectivity index (χ0v) is 17.8. The van der Waals surface area contributed by atoms with Gasteiger partial charge in [0.25, 0.3) is 6.43 Å². The molecule has 3 heterocycles. The van der Waals surface area contributed by atoms with E-state index in [1.165, 1.54) is 12.3 Å². The number of carbonyl (C=O) groups excluding carboxylic acids is 1. The highest BCUT2D eigenvalue weighted by Gasteiger charge is 2.17. The molecule has 0 saturated heterocycles. The molecule has 1 aromatic carbocycles. The summed E-state index contributed by atoms with van der Waals surface area (Å²) < 4.78 is 42.9. The number of rotatable bonds is 7. The van der Waals surface area contributed by atoms with Crippen LogP contribution in [0.15, 0.2) is 49.4 Å². The van der Waals surface area contributed by atoms with Crippen LogP contribution in [0.5, 0.6) is 0 Å². The highest BCUT2D eigenvalue weighted by atomic mass is 19.3. The molecule has 2 N–H and O–H groups in total. The van der Waals surface area contributed by atoms with Crippen LogP contribution < -0.4 is 10.6 Å². The molecule has 0 aliphatic rings. The molecule has 11 heteroatoms. The Morgan fingerprint density at radius 1 is 1.30 bits per heavy atom. The van der Waals surface area contributed by atoms with Gasteiger partial charge in [0, 0.05) is 36.1 Å². The molecular weight excluding hydrogens is 435 g/mol. The molecular formula is C22H20F3N7O. The standard InChI is InChI=1S/C22H20F3N7O/c1-4-20(33)27-13-5-6-14-15(9-31(3)18(14)7-13)21-16(23)8-26-22(29-21)28-17-10-32(11-19(24)25)30-12(17)2/h4-10,19H,1,11H2,2-3H3,(H,27,33)(H,26,28,29). The minimum absolute atomic E-state index is 0.0682. The molecule has 4 rings (SSSR count). The predicted octanol–water partition coefficient (Wildman–Crippen LogP) is 4.41. The largest absolute Gasteiger partial charge is 0.350 e. The molecule has 0 radical (unpaired) electrons. The van der Waals surface area contributed by atoms with Crippen molar-refractivity contribution in [2.24, 2.45) is 7.05 Å². The Labute approximate surface area is 186 Å². The maximum atomic E-state index is 14.7. The maximum absolute atomic E-state index is 14.7. The lowest BCUT2D eigenvalue weighted by Crippen LogP contribution is -2.07. The maximum Gasteiger partial charge on any atom is 0.257 e. The summed E-state index contributed by atoms with van der Waals surface area (Å²) in [7, 11) is 1.80. The molecule has 0 atom stereocenters. The van der Waals surface area contributed by atoms with Crippen molar-refractivity contribution in [3.63, 3.8) is 0 Å². The average Bonchev–Trinajstić information content (AvgIpc) is 3.27. The molecule has 8 nitrogen and oxygen atoms in total. The van der Waals surface area contributed by atoms with Gasteiger partial charge in [0.05, 0.1) is 23.1 Å². The third kappa shape index (κ3) is 4.56. The number of aromatic nitrogens is 5. The van der Waals surface area contributed by atoms with E-state index >= 15 is 0 Å². The summed E-state index contributed by atoms with van der Waals surface area (Å²) >= 11 is 0. The minimum atomic E-state index is -2.54. The number of anilines is 3. The molecule has 0 spiro atoms. The lowest BCUT2D eigenvalue weighted by atomic mass is 10.1. The van der Waals surface area contributed by atoms with Gasteiger partial charge in [0.15, 0.2) is 5.82 Å². The summed E-state index contributed by atoms with van der Waals surface area (Å²) in [5.74, 6) is -0.867. The number of hydrogen-bond acceptors (Lipinski definition) is 5. The Hall–Kier alpha value is -4.15. The number of nitrogens with one attached hydrogen (secondary N) is 2. The van der Waals surface area contributed by atoms with Crippen molar-refractivity contribution in [3.05, 3.63) is 61.0 Å². The molecule has 0 aliphatic carbocycles. The minimum Gasteiger partial charge on any atom is -0.350 e. The van der Waals surface area contributed by atoms with Crippen molar-refractivity contribution in [1.29, 1.82) is 0 Å². The summed E-state index contributed by atoms with van der Waals surface area (Å²) in [6.45, 7) is 4.55. The van der Waals surface area contributed by atoms with Gasteiger partial charge in [0.1, 0.15) is 12.2 Å². The van der Waals surface area contributed by atoms with Gasteiger partial charge in [-0.15, -0.1) is 0 Å². The Bertz CT molecular complexity index is 1360. The van der Waals surface area contributed by atoms with Gasteiger partial charge in [0.2, 0.25) is 11.9 Å². The van der Waals surface area contributed by atoms with Crippen LogP contribution >= 0.6 is 0 Å². The molecule has 1 amide bonds. The van der Waals surface area contributed by atoms with Gasteiger partial charge < -0.3 is 15.2 Å². The molecule has 170 valence electrons. The molecule has 0 aliphatic heterocycles. The van der Waals surface area contributed by atoms with E-state index in [0.717, 1.165) is 21.8 Å². The fourth-order valence-electron chi connectivity index (χ4n) is 3.46. The van der Waals surface area contributed by atoms with E-state index in [1.54, 1.807) is 42.9 Å². The van der Waals surface area contributed by atoms with Crippen LogP contribution in [0.4, 0.5) is 30.5 Å². The van der Waals surface area contributed by atoms with Gasteiger partial charge in [-0.05, 0) is 25.1 Å². The molecule has 0 saturated carbocycles. The number of benzene rings is 1. The second kappa shape index (κ2) is 8.77. The smallest absolute Gasteiger partial charge is 0.257 e. The summed E-state index contributed by atoms with van der Waals surface area (Å²) in [6.07, 6.45) is 2.82. The van der Waals surface area contributed by atoms with Gasteiger partial charge in [-0.1, -0.05) is 12.6 Å². The third-order valence-corrected chi connectivity index (χ3v) is 4.96. The van der Waals surface area contributed by atoms with E-state index < -0.39 is 18.8 Å². The Morgan fingerprint density at radius 2 is 2.09 bits per heavy atom. The molecule has 0 fully saturated rings. The fourth-order valence-corrected chi connectivity index (χ4v) is 3.46. The zero-order valence-electron chi connectivity index (χ0n) is 17.8. The predicted molar refractivity (Wildman–Crippen MR) is 119 cm³/mol. The van der Waals surface area contributed by atoms with Crippen molar-refractivity contribution < 1.29 is 18.0 Å². The second-order valence-electron chi connectivity index (χ2n) is 7.34. The highest BCUT2D eigenvalue weighted by molar-refractivity contribution is 6.02. The average molecular weight is 455 g/mol. The van der Waals surface area contributed by atoms with E-state index in [-0.39, 0.29) is 17.5 Å². The topological polar surface area (TPSA) is 89.7 Å². The van der Waals surface area contributed by atoms with Crippen LogP contribution in [-0.2, 0) is 18.4 Å². The Balaban J connectivity index is 1.69.